The molecule has 0 saturated carbocycles. The number of anilines is 1. The van der Waals surface area contributed by atoms with Gasteiger partial charge >= 0.3 is 0 Å². The monoisotopic (exact) mass is 418 g/mol. The summed E-state index contributed by atoms with van der Waals surface area (Å²) in [5.74, 6) is 1.74. The van der Waals surface area contributed by atoms with Gasteiger partial charge in [-0.2, -0.15) is 0 Å². The molecule has 3 aromatic rings. The van der Waals surface area contributed by atoms with Gasteiger partial charge in [-0.05, 0) is 23.6 Å². The number of hydrogen-bond acceptors (Lipinski definition) is 8. The lowest BCUT2D eigenvalue weighted by Crippen LogP contribution is -2.26. The average molecular weight is 419 g/mol. The highest BCUT2D eigenvalue weighted by Crippen LogP contribution is 2.39. The molecule has 4 heterocycles. The van der Waals surface area contributed by atoms with Crippen LogP contribution in [-0.2, 0) is 29.1 Å². The average Bonchev–Trinajstić information content (AvgIpc) is 3.31. The number of nitrogens with one attached hydrogen (secondary N) is 1. The third kappa shape index (κ3) is 4.01. The number of carbonyl (C=O) groups excluding carboxylic acids is 1. The smallest absolute Gasteiger partial charge is 0.230 e. The van der Waals surface area contributed by atoms with Gasteiger partial charge in [0.2, 0.25) is 5.91 Å². The quantitative estimate of drug-likeness (QED) is 0.467. The van der Waals surface area contributed by atoms with E-state index in [0.29, 0.717) is 35.8 Å². The van der Waals surface area contributed by atoms with E-state index in [1.165, 1.54) is 22.2 Å². The fourth-order valence-electron chi connectivity index (χ4n) is 3.16. The number of aromatic nitrogens is 2. The minimum absolute atomic E-state index is 0.109. The van der Waals surface area contributed by atoms with Gasteiger partial charge in [-0.3, -0.25) is 4.79 Å². The molecule has 0 aromatic carbocycles. The molecule has 0 radical (unpaired) electrons. The number of carbonyl (C=O) groups is 1. The summed E-state index contributed by atoms with van der Waals surface area (Å²) in [7, 11) is 0. The first kappa shape index (κ1) is 19.2. The van der Waals surface area contributed by atoms with Crippen LogP contribution in [-0.4, -0.2) is 27.7 Å². The Hall–Kier alpha value is -2.10. The Morgan fingerprint density at radius 3 is 3.07 bits per heavy atom. The van der Waals surface area contributed by atoms with Crippen LogP contribution in [0.3, 0.4) is 0 Å². The number of hydrogen-bond donors (Lipinski definition) is 2. The van der Waals surface area contributed by atoms with Gasteiger partial charge in [0, 0.05) is 11.3 Å². The SMILES string of the molecule is CC(C)[C@H]1Cc2c(sc3nc(SCC(=O)NCc4ccco4)nc(N)c23)CO1. The summed E-state index contributed by atoms with van der Waals surface area (Å²) in [5.41, 5.74) is 7.48. The minimum atomic E-state index is -0.109. The number of thioether (sulfide) groups is 1. The Kier molecular flexibility index (Phi) is 5.56. The molecule has 7 nitrogen and oxygen atoms in total. The van der Waals surface area contributed by atoms with Gasteiger partial charge in [0.25, 0.3) is 0 Å². The van der Waals surface area contributed by atoms with Gasteiger partial charge in [0.1, 0.15) is 16.4 Å². The zero-order chi connectivity index (χ0) is 19.7. The van der Waals surface area contributed by atoms with Crippen LogP contribution >= 0.6 is 23.1 Å². The molecule has 0 unspecified atom stereocenters. The Bertz CT molecular complexity index is 985. The van der Waals surface area contributed by atoms with E-state index in [4.69, 9.17) is 14.9 Å². The Balaban J connectivity index is 1.45. The van der Waals surface area contributed by atoms with Crippen molar-refractivity contribution >= 4 is 45.0 Å². The molecule has 28 heavy (non-hydrogen) atoms. The molecule has 1 aliphatic heterocycles. The number of furan rings is 1. The number of ether oxygens (including phenoxy) is 1. The molecule has 3 N–H and O–H groups in total. The first-order valence-corrected chi connectivity index (χ1v) is 10.9. The highest BCUT2D eigenvalue weighted by molar-refractivity contribution is 7.99. The van der Waals surface area contributed by atoms with Crippen molar-refractivity contribution in [3.63, 3.8) is 0 Å². The lowest BCUT2D eigenvalue weighted by Gasteiger charge is -2.26. The molecule has 1 atom stereocenters. The van der Waals surface area contributed by atoms with E-state index in [2.05, 4.69) is 29.1 Å². The first-order valence-electron chi connectivity index (χ1n) is 9.12. The van der Waals surface area contributed by atoms with Crippen molar-refractivity contribution in [2.75, 3.05) is 11.5 Å². The molecule has 0 aliphatic carbocycles. The van der Waals surface area contributed by atoms with Crippen LogP contribution < -0.4 is 11.1 Å². The van der Waals surface area contributed by atoms with Crippen molar-refractivity contribution in [2.24, 2.45) is 5.92 Å². The molecule has 1 aliphatic rings. The maximum absolute atomic E-state index is 12.0. The fraction of sp³-hybridized carbons (Fsp3) is 0.421. The number of nitrogen functional groups attached to an aromatic ring is 1. The maximum Gasteiger partial charge on any atom is 0.230 e. The van der Waals surface area contributed by atoms with Crippen LogP contribution in [0.25, 0.3) is 10.2 Å². The van der Waals surface area contributed by atoms with Crippen LogP contribution in [0.2, 0.25) is 0 Å². The molecule has 3 aromatic heterocycles. The van der Waals surface area contributed by atoms with Crippen LogP contribution in [0.4, 0.5) is 5.82 Å². The summed E-state index contributed by atoms with van der Waals surface area (Å²) in [6.45, 7) is 5.28. The second-order valence-corrected chi connectivity index (χ2v) is 9.04. The van der Waals surface area contributed by atoms with E-state index in [1.807, 2.05) is 6.07 Å². The van der Waals surface area contributed by atoms with E-state index in [0.717, 1.165) is 16.6 Å². The van der Waals surface area contributed by atoms with Crippen molar-refractivity contribution in [3.05, 3.63) is 34.6 Å². The minimum Gasteiger partial charge on any atom is -0.467 e. The molecule has 9 heteroatoms. The molecule has 0 fully saturated rings. The molecule has 0 bridgehead atoms. The Labute approximate surface area is 171 Å². The van der Waals surface area contributed by atoms with E-state index in [1.54, 1.807) is 23.7 Å². The molecular weight excluding hydrogens is 396 g/mol. The first-order chi connectivity index (χ1) is 13.5. The van der Waals surface area contributed by atoms with Gasteiger partial charge in [0.15, 0.2) is 5.16 Å². The molecule has 0 saturated heterocycles. The number of fused-ring (bicyclic) bond motifs is 3. The predicted molar refractivity (Wildman–Crippen MR) is 110 cm³/mol. The lowest BCUT2D eigenvalue weighted by molar-refractivity contribution is -0.118. The normalized spacial score (nSPS) is 16.5. The van der Waals surface area contributed by atoms with E-state index in [9.17, 15) is 4.79 Å². The van der Waals surface area contributed by atoms with E-state index < -0.39 is 0 Å². The molecule has 1 amide bonds. The zero-order valence-corrected chi connectivity index (χ0v) is 17.4. The number of nitrogens with zero attached hydrogens (tertiary/aromatic N) is 2. The highest BCUT2D eigenvalue weighted by atomic mass is 32.2. The van der Waals surface area contributed by atoms with Crippen molar-refractivity contribution < 1.29 is 13.9 Å². The lowest BCUT2D eigenvalue weighted by atomic mass is 9.96. The van der Waals surface area contributed by atoms with Crippen LogP contribution in [0, 0.1) is 5.92 Å². The Morgan fingerprint density at radius 2 is 2.32 bits per heavy atom. The van der Waals surface area contributed by atoms with E-state index >= 15 is 0 Å². The third-order valence-corrected chi connectivity index (χ3v) is 6.64. The van der Waals surface area contributed by atoms with Crippen molar-refractivity contribution in [3.8, 4) is 0 Å². The second kappa shape index (κ2) is 8.10. The second-order valence-electron chi connectivity index (χ2n) is 7.02. The van der Waals surface area contributed by atoms with Gasteiger partial charge in [-0.1, -0.05) is 25.6 Å². The van der Waals surface area contributed by atoms with Crippen molar-refractivity contribution in [2.45, 2.75) is 44.7 Å². The molecule has 148 valence electrons. The molecule has 4 rings (SSSR count). The largest absolute Gasteiger partial charge is 0.467 e. The zero-order valence-electron chi connectivity index (χ0n) is 15.7. The summed E-state index contributed by atoms with van der Waals surface area (Å²) in [6, 6.07) is 3.61. The molecular formula is C19H22N4O3S2. The molecule has 0 spiro atoms. The number of rotatable bonds is 6. The summed E-state index contributed by atoms with van der Waals surface area (Å²) in [4.78, 5) is 23.1. The van der Waals surface area contributed by atoms with Crippen LogP contribution in [0.1, 0.15) is 30.0 Å². The van der Waals surface area contributed by atoms with Crippen LogP contribution in [0.5, 0.6) is 0 Å². The van der Waals surface area contributed by atoms with Gasteiger partial charge in [0.05, 0.1) is 36.7 Å². The summed E-state index contributed by atoms with van der Waals surface area (Å²) >= 11 is 2.88. The topological polar surface area (TPSA) is 103 Å². The number of nitrogens with two attached hydrogens (primary N) is 1. The maximum atomic E-state index is 12.0. The number of thiophene rings is 1. The third-order valence-electron chi connectivity index (χ3n) is 4.69. The van der Waals surface area contributed by atoms with Crippen molar-refractivity contribution in [1.82, 2.24) is 15.3 Å². The number of amides is 1. The summed E-state index contributed by atoms with van der Waals surface area (Å²) < 4.78 is 11.2. The van der Waals surface area contributed by atoms with Crippen LogP contribution in [0.15, 0.2) is 28.0 Å². The summed E-state index contributed by atoms with van der Waals surface area (Å²) in [6.07, 6.45) is 2.61. The van der Waals surface area contributed by atoms with Crippen molar-refractivity contribution in [1.29, 1.82) is 0 Å². The fourth-order valence-corrected chi connectivity index (χ4v) is 5.03. The highest BCUT2D eigenvalue weighted by Gasteiger charge is 2.27. The van der Waals surface area contributed by atoms with Gasteiger partial charge in [-0.25, -0.2) is 9.97 Å². The predicted octanol–water partition coefficient (Wildman–Crippen LogP) is 3.37. The van der Waals surface area contributed by atoms with Gasteiger partial charge in [-0.15, -0.1) is 11.3 Å². The Morgan fingerprint density at radius 1 is 1.46 bits per heavy atom. The van der Waals surface area contributed by atoms with Gasteiger partial charge < -0.3 is 20.2 Å². The summed E-state index contributed by atoms with van der Waals surface area (Å²) in [5, 5.41) is 4.27. The standard InChI is InChI=1S/C19H22N4O3S2/c1-10(2)13-6-12-14(8-26-13)28-18-16(12)17(20)22-19(23-18)27-9-15(24)21-7-11-4-3-5-25-11/h3-5,10,13H,6-9H2,1-2H3,(H,21,24)(H2,20,22,23)/t13-/m1/s1. The van der Waals surface area contributed by atoms with E-state index in [-0.39, 0.29) is 17.8 Å².